The number of rotatable bonds is 8. The van der Waals surface area contributed by atoms with Crippen molar-refractivity contribution in [2.45, 2.75) is 39.0 Å². The quantitative estimate of drug-likeness (QED) is 0.435. The highest BCUT2D eigenvalue weighted by molar-refractivity contribution is 6.17. The number of hydrogen-bond donors (Lipinski definition) is 0. The van der Waals surface area contributed by atoms with E-state index in [2.05, 4.69) is 6.92 Å². The Balaban J connectivity index is 1.76. The summed E-state index contributed by atoms with van der Waals surface area (Å²) in [5.74, 6) is 2.50. The second-order valence-electron chi connectivity index (χ2n) is 4.22. The fraction of sp³-hybridized carbons (Fsp3) is 1.00. The van der Waals surface area contributed by atoms with E-state index in [1.807, 2.05) is 0 Å². The summed E-state index contributed by atoms with van der Waals surface area (Å²) in [6.45, 7) is 4.13. The Morgan fingerprint density at radius 1 is 1.31 bits per heavy atom. The van der Waals surface area contributed by atoms with Gasteiger partial charge in [0, 0.05) is 19.1 Å². The molecule has 0 radical (unpaired) electrons. The fourth-order valence-corrected chi connectivity index (χ4v) is 1.75. The van der Waals surface area contributed by atoms with Crippen LogP contribution in [0.3, 0.4) is 0 Å². The van der Waals surface area contributed by atoms with Gasteiger partial charge in [0.2, 0.25) is 0 Å². The van der Waals surface area contributed by atoms with Gasteiger partial charge >= 0.3 is 0 Å². The second-order valence-corrected chi connectivity index (χ2v) is 4.59. The first-order chi connectivity index (χ1) is 6.33. The van der Waals surface area contributed by atoms with Gasteiger partial charge in [0.05, 0.1) is 0 Å². The minimum atomic E-state index is 0.721. The van der Waals surface area contributed by atoms with Gasteiger partial charge in [-0.2, -0.15) is 0 Å². The topological polar surface area (TPSA) is 9.23 Å². The molecular formula is C11H21ClO. The molecule has 0 N–H and O–H groups in total. The Morgan fingerprint density at radius 2 is 2.08 bits per heavy atom. The summed E-state index contributed by atoms with van der Waals surface area (Å²) in [5, 5.41) is 0. The van der Waals surface area contributed by atoms with E-state index in [4.69, 9.17) is 16.3 Å². The van der Waals surface area contributed by atoms with Crippen LogP contribution in [0, 0.1) is 11.8 Å². The molecule has 0 aromatic carbocycles. The normalized spacial score (nSPS) is 18.9. The van der Waals surface area contributed by atoms with Crippen LogP contribution in [0.2, 0.25) is 0 Å². The monoisotopic (exact) mass is 204 g/mol. The molecule has 0 saturated heterocycles. The minimum absolute atomic E-state index is 0.721. The molecule has 1 fully saturated rings. The van der Waals surface area contributed by atoms with E-state index in [-0.39, 0.29) is 0 Å². The predicted octanol–water partition coefficient (Wildman–Crippen LogP) is 3.46. The maximum absolute atomic E-state index is 5.65. The highest BCUT2D eigenvalue weighted by Crippen LogP contribution is 2.32. The minimum Gasteiger partial charge on any atom is -0.381 e. The highest BCUT2D eigenvalue weighted by Gasteiger charge is 2.20. The second kappa shape index (κ2) is 6.67. The summed E-state index contributed by atoms with van der Waals surface area (Å²) in [6, 6.07) is 0. The highest BCUT2D eigenvalue weighted by atomic mass is 35.5. The van der Waals surface area contributed by atoms with E-state index in [1.54, 1.807) is 0 Å². The molecule has 0 aromatic rings. The van der Waals surface area contributed by atoms with Gasteiger partial charge < -0.3 is 4.74 Å². The first kappa shape index (κ1) is 11.3. The SMILES string of the molecule is CC(CCCl)CCOCCC1CC1. The molecule has 1 aliphatic rings. The largest absolute Gasteiger partial charge is 0.381 e. The number of ether oxygens (including phenoxy) is 1. The van der Waals surface area contributed by atoms with Gasteiger partial charge in [-0.1, -0.05) is 19.8 Å². The van der Waals surface area contributed by atoms with Gasteiger partial charge in [0.25, 0.3) is 0 Å². The van der Waals surface area contributed by atoms with Crippen molar-refractivity contribution in [2.24, 2.45) is 11.8 Å². The third-order valence-corrected chi connectivity index (χ3v) is 2.94. The van der Waals surface area contributed by atoms with Crippen molar-refractivity contribution in [2.75, 3.05) is 19.1 Å². The van der Waals surface area contributed by atoms with Crippen molar-refractivity contribution in [1.29, 1.82) is 0 Å². The van der Waals surface area contributed by atoms with Gasteiger partial charge in [-0.3, -0.25) is 0 Å². The van der Waals surface area contributed by atoms with Crippen molar-refractivity contribution in [3.8, 4) is 0 Å². The van der Waals surface area contributed by atoms with Gasteiger partial charge in [-0.15, -0.1) is 11.6 Å². The summed E-state index contributed by atoms with van der Waals surface area (Å²) >= 11 is 5.65. The summed E-state index contributed by atoms with van der Waals surface area (Å²) in [4.78, 5) is 0. The zero-order chi connectivity index (χ0) is 9.52. The fourth-order valence-electron chi connectivity index (χ4n) is 1.37. The third-order valence-electron chi connectivity index (χ3n) is 2.72. The van der Waals surface area contributed by atoms with E-state index in [1.165, 1.54) is 19.3 Å². The van der Waals surface area contributed by atoms with Crippen LogP contribution in [-0.4, -0.2) is 19.1 Å². The van der Waals surface area contributed by atoms with E-state index in [9.17, 15) is 0 Å². The Hall–Kier alpha value is 0.250. The molecule has 1 nitrogen and oxygen atoms in total. The standard InChI is InChI=1S/C11H21ClO/c1-10(4-7-12)5-8-13-9-6-11-2-3-11/h10-11H,2-9H2,1H3. The van der Waals surface area contributed by atoms with Gasteiger partial charge in [-0.05, 0) is 31.1 Å². The maximum Gasteiger partial charge on any atom is 0.0468 e. The molecule has 13 heavy (non-hydrogen) atoms. The molecule has 0 spiro atoms. The van der Waals surface area contributed by atoms with E-state index in [0.717, 1.165) is 43.8 Å². The van der Waals surface area contributed by atoms with Crippen molar-refractivity contribution < 1.29 is 4.74 Å². The number of alkyl halides is 1. The lowest BCUT2D eigenvalue weighted by molar-refractivity contribution is 0.116. The molecule has 0 amide bonds. The molecule has 2 heteroatoms. The van der Waals surface area contributed by atoms with E-state index < -0.39 is 0 Å². The Morgan fingerprint density at radius 3 is 2.69 bits per heavy atom. The maximum atomic E-state index is 5.65. The lowest BCUT2D eigenvalue weighted by Crippen LogP contribution is -2.04. The molecular weight excluding hydrogens is 184 g/mol. The first-order valence-electron chi connectivity index (χ1n) is 5.46. The smallest absolute Gasteiger partial charge is 0.0468 e. The van der Waals surface area contributed by atoms with Gasteiger partial charge in [0.1, 0.15) is 0 Å². The van der Waals surface area contributed by atoms with Gasteiger partial charge in [-0.25, -0.2) is 0 Å². The zero-order valence-electron chi connectivity index (χ0n) is 8.60. The van der Waals surface area contributed by atoms with Crippen LogP contribution in [-0.2, 0) is 4.74 Å². The Bertz CT molecular complexity index is 123. The molecule has 0 bridgehead atoms. The van der Waals surface area contributed by atoms with Crippen LogP contribution in [0.4, 0.5) is 0 Å². The van der Waals surface area contributed by atoms with Crippen LogP contribution in [0.15, 0.2) is 0 Å². The molecule has 0 heterocycles. The average molecular weight is 205 g/mol. The predicted molar refractivity (Wildman–Crippen MR) is 57.3 cm³/mol. The van der Waals surface area contributed by atoms with Crippen molar-refractivity contribution in [1.82, 2.24) is 0 Å². The number of halogens is 1. The molecule has 1 rings (SSSR count). The van der Waals surface area contributed by atoms with Crippen molar-refractivity contribution >= 4 is 11.6 Å². The van der Waals surface area contributed by atoms with Crippen LogP contribution >= 0.6 is 11.6 Å². The van der Waals surface area contributed by atoms with Gasteiger partial charge in [0.15, 0.2) is 0 Å². The zero-order valence-corrected chi connectivity index (χ0v) is 9.35. The third kappa shape index (κ3) is 6.34. The molecule has 1 aliphatic carbocycles. The molecule has 1 saturated carbocycles. The molecule has 78 valence electrons. The molecule has 0 aliphatic heterocycles. The van der Waals surface area contributed by atoms with Crippen molar-refractivity contribution in [3.05, 3.63) is 0 Å². The lowest BCUT2D eigenvalue weighted by atomic mass is 10.1. The summed E-state index contributed by atoms with van der Waals surface area (Å²) < 4.78 is 5.56. The first-order valence-corrected chi connectivity index (χ1v) is 6.00. The Kier molecular flexibility index (Phi) is 5.81. The Labute approximate surface area is 86.8 Å². The number of hydrogen-bond acceptors (Lipinski definition) is 1. The molecule has 0 aromatic heterocycles. The summed E-state index contributed by atoms with van der Waals surface area (Å²) in [5.41, 5.74) is 0. The lowest BCUT2D eigenvalue weighted by Gasteiger charge is -2.09. The average Bonchev–Trinajstić information content (AvgIpc) is 2.88. The summed E-state index contributed by atoms with van der Waals surface area (Å²) in [6.07, 6.45) is 6.44. The molecule has 1 atom stereocenters. The van der Waals surface area contributed by atoms with Crippen LogP contribution in [0.25, 0.3) is 0 Å². The van der Waals surface area contributed by atoms with Crippen LogP contribution in [0.5, 0.6) is 0 Å². The summed E-state index contributed by atoms with van der Waals surface area (Å²) in [7, 11) is 0. The van der Waals surface area contributed by atoms with E-state index >= 15 is 0 Å². The van der Waals surface area contributed by atoms with Crippen LogP contribution in [0.1, 0.15) is 39.0 Å². The van der Waals surface area contributed by atoms with E-state index in [0.29, 0.717) is 0 Å². The van der Waals surface area contributed by atoms with Crippen LogP contribution < -0.4 is 0 Å². The van der Waals surface area contributed by atoms with Crippen molar-refractivity contribution in [3.63, 3.8) is 0 Å². The molecule has 1 unspecified atom stereocenters.